The second kappa shape index (κ2) is 7.68. The second-order valence-electron chi connectivity index (χ2n) is 6.33. The molecule has 1 amide bonds. The van der Waals surface area contributed by atoms with Gasteiger partial charge in [-0.25, -0.2) is 0 Å². The van der Waals surface area contributed by atoms with Crippen LogP contribution in [0.15, 0.2) is 24.3 Å². The summed E-state index contributed by atoms with van der Waals surface area (Å²) in [6, 6.07) is 7.70. The van der Waals surface area contributed by atoms with Crippen molar-refractivity contribution in [3.63, 3.8) is 0 Å². The summed E-state index contributed by atoms with van der Waals surface area (Å²) in [5.41, 5.74) is 0. The summed E-state index contributed by atoms with van der Waals surface area (Å²) in [6.45, 7) is 5.78. The molecule has 1 saturated heterocycles. The van der Waals surface area contributed by atoms with Crippen LogP contribution < -0.4 is 14.8 Å². The lowest BCUT2D eigenvalue weighted by Crippen LogP contribution is -2.48. The van der Waals surface area contributed by atoms with Crippen LogP contribution in [0.25, 0.3) is 0 Å². The summed E-state index contributed by atoms with van der Waals surface area (Å²) in [5, 5.41) is 3.33. The monoisotopic (exact) mass is 318 g/mol. The number of carbonyl (C=O) groups excluding carboxylic acids is 1. The number of ether oxygens (including phenoxy) is 2. The molecule has 0 bridgehead atoms. The second-order valence-corrected chi connectivity index (χ2v) is 6.33. The van der Waals surface area contributed by atoms with Crippen molar-refractivity contribution in [2.45, 2.75) is 32.3 Å². The van der Waals surface area contributed by atoms with Gasteiger partial charge in [-0.3, -0.25) is 4.79 Å². The summed E-state index contributed by atoms with van der Waals surface area (Å²) in [7, 11) is 0. The fraction of sp³-hybridized carbons (Fsp3) is 0.611. The molecule has 2 aliphatic heterocycles. The lowest BCUT2D eigenvalue weighted by atomic mass is 9.98. The fourth-order valence-corrected chi connectivity index (χ4v) is 3.28. The highest BCUT2D eigenvalue weighted by atomic mass is 16.6. The van der Waals surface area contributed by atoms with Crippen molar-refractivity contribution in [2.24, 2.45) is 5.92 Å². The van der Waals surface area contributed by atoms with E-state index in [-0.39, 0.29) is 17.9 Å². The van der Waals surface area contributed by atoms with Crippen molar-refractivity contribution in [1.82, 2.24) is 10.2 Å². The van der Waals surface area contributed by atoms with Gasteiger partial charge in [-0.1, -0.05) is 19.1 Å². The fourth-order valence-electron chi connectivity index (χ4n) is 3.28. The maximum atomic E-state index is 12.8. The molecular weight excluding hydrogens is 292 g/mol. The van der Waals surface area contributed by atoms with Crippen LogP contribution in [-0.2, 0) is 4.79 Å². The third-order valence-electron chi connectivity index (χ3n) is 4.44. The highest BCUT2D eigenvalue weighted by Crippen LogP contribution is 2.31. The van der Waals surface area contributed by atoms with Crippen molar-refractivity contribution in [3.05, 3.63) is 24.3 Å². The molecule has 0 aromatic heterocycles. The molecule has 2 aliphatic rings. The van der Waals surface area contributed by atoms with Crippen molar-refractivity contribution in [1.29, 1.82) is 0 Å². The number of hydrogen-bond donors (Lipinski definition) is 1. The molecule has 5 nitrogen and oxygen atoms in total. The Morgan fingerprint density at radius 3 is 2.91 bits per heavy atom. The molecule has 126 valence electrons. The maximum Gasteiger partial charge on any atom is 0.227 e. The van der Waals surface area contributed by atoms with Gasteiger partial charge in [-0.05, 0) is 37.9 Å². The minimum atomic E-state index is -0.100. The summed E-state index contributed by atoms with van der Waals surface area (Å²) in [5.74, 6) is 1.91. The quantitative estimate of drug-likeness (QED) is 0.903. The molecular formula is C18H26N2O3. The number of rotatable bonds is 5. The Kier molecular flexibility index (Phi) is 5.39. The van der Waals surface area contributed by atoms with E-state index in [4.69, 9.17) is 9.47 Å². The van der Waals surface area contributed by atoms with Crippen LogP contribution in [0.4, 0.5) is 0 Å². The molecule has 2 unspecified atom stereocenters. The third-order valence-corrected chi connectivity index (χ3v) is 4.44. The molecule has 2 heterocycles. The van der Waals surface area contributed by atoms with E-state index in [1.165, 1.54) is 0 Å². The minimum absolute atomic E-state index is 0.100. The standard InChI is InChI=1S/C18H26N2O3/c1-2-10-20(18(21)14-6-5-9-19-11-14)12-15-13-22-16-7-3-4-8-17(16)23-15/h3-4,7-8,14-15,19H,2,5-6,9-13H2,1H3. The zero-order chi connectivity index (χ0) is 16.1. The van der Waals surface area contributed by atoms with Gasteiger partial charge in [0.2, 0.25) is 5.91 Å². The van der Waals surface area contributed by atoms with Gasteiger partial charge in [0.15, 0.2) is 17.6 Å². The van der Waals surface area contributed by atoms with E-state index >= 15 is 0 Å². The summed E-state index contributed by atoms with van der Waals surface area (Å²) >= 11 is 0. The molecule has 3 rings (SSSR count). The molecule has 5 heteroatoms. The highest BCUT2D eigenvalue weighted by Gasteiger charge is 2.29. The largest absolute Gasteiger partial charge is 0.486 e. The number of carbonyl (C=O) groups is 1. The van der Waals surface area contributed by atoms with E-state index in [1.54, 1.807) is 0 Å². The van der Waals surface area contributed by atoms with Gasteiger partial charge >= 0.3 is 0 Å². The summed E-state index contributed by atoms with van der Waals surface area (Å²) in [4.78, 5) is 14.8. The van der Waals surface area contributed by atoms with Crippen molar-refractivity contribution in [2.75, 3.05) is 32.8 Å². The van der Waals surface area contributed by atoms with Gasteiger partial charge < -0.3 is 19.7 Å². The molecule has 0 saturated carbocycles. The maximum absolute atomic E-state index is 12.8. The van der Waals surface area contributed by atoms with Crippen molar-refractivity contribution < 1.29 is 14.3 Å². The summed E-state index contributed by atoms with van der Waals surface area (Å²) in [6.07, 6.45) is 2.91. The minimum Gasteiger partial charge on any atom is -0.486 e. The van der Waals surface area contributed by atoms with Gasteiger partial charge in [0.05, 0.1) is 12.5 Å². The van der Waals surface area contributed by atoms with E-state index in [0.29, 0.717) is 13.2 Å². The highest BCUT2D eigenvalue weighted by molar-refractivity contribution is 5.79. The van der Waals surface area contributed by atoms with Gasteiger partial charge in [-0.2, -0.15) is 0 Å². The van der Waals surface area contributed by atoms with Gasteiger partial charge in [0.25, 0.3) is 0 Å². The van der Waals surface area contributed by atoms with Crippen molar-refractivity contribution >= 4 is 5.91 Å². The van der Waals surface area contributed by atoms with Crippen LogP contribution >= 0.6 is 0 Å². The molecule has 2 atom stereocenters. The third kappa shape index (κ3) is 3.96. The Morgan fingerprint density at radius 2 is 2.17 bits per heavy atom. The Morgan fingerprint density at radius 1 is 1.35 bits per heavy atom. The van der Waals surface area contributed by atoms with E-state index in [2.05, 4.69) is 12.2 Å². The predicted molar refractivity (Wildman–Crippen MR) is 88.8 cm³/mol. The van der Waals surface area contributed by atoms with Crippen LogP contribution in [0.3, 0.4) is 0 Å². The van der Waals surface area contributed by atoms with E-state index in [1.807, 2.05) is 29.2 Å². The number of amides is 1. The number of fused-ring (bicyclic) bond motifs is 1. The van der Waals surface area contributed by atoms with Gasteiger partial charge in [-0.15, -0.1) is 0 Å². The molecule has 0 aliphatic carbocycles. The number of hydrogen-bond acceptors (Lipinski definition) is 4. The molecule has 1 aromatic rings. The van der Waals surface area contributed by atoms with Crippen LogP contribution in [0.5, 0.6) is 11.5 Å². The molecule has 1 N–H and O–H groups in total. The molecule has 1 fully saturated rings. The number of para-hydroxylation sites is 2. The number of nitrogens with one attached hydrogen (secondary N) is 1. The molecule has 1 aromatic carbocycles. The normalized spacial score (nSPS) is 23.3. The van der Waals surface area contributed by atoms with Crippen LogP contribution in [0.2, 0.25) is 0 Å². The Bertz CT molecular complexity index is 529. The first-order chi connectivity index (χ1) is 11.3. The molecule has 23 heavy (non-hydrogen) atoms. The van der Waals surface area contributed by atoms with Crippen LogP contribution in [0, 0.1) is 5.92 Å². The SMILES string of the molecule is CCCN(CC1COc2ccccc2O1)C(=O)C1CCCNC1. The first-order valence-corrected chi connectivity index (χ1v) is 8.66. The topological polar surface area (TPSA) is 50.8 Å². The lowest BCUT2D eigenvalue weighted by Gasteiger charge is -2.34. The average molecular weight is 318 g/mol. The number of piperidine rings is 1. The van der Waals surface area contributed by atoms with E-state index < -0.39 is 0 Å². The van der Waals surface area contributed by atoms with Gasteiger partial charge in [0, 0.05) is 13.1 Å². The Hall–Kier alpha value is -1.75. The number of nitrogens with zero attached hydrogens (tertiary/aromatic N) is 1. The number of benzene rings is 1. The smallest absolute Gasteiger partial charge is 0.227 e. The van der Waals surface area contributed by atoms with E-state index in [9.17, 15) is 4.79 Å². The average Bonchev–Trinajstić information content (AvgIpc) is 2.61. The van der Waals surface area contributed by atoms with Crippen LogP contribution in [-0.4, -0.2) is 49.7 Å². The van der Waals surface area contributed by atoms with Crippen LogP contribution in [0.1, 0.15) is 26.2 Å². The zero-order valence-corrected chi connectivity index (χ0v) is 13.8. The van der Waals surface area contributed by atoms with Crippen molar-refractivity contribution in [3.8, 4) is 11.5 Å². The van der Waals surface area contributed by atoms with E-state index in [0.717, 1.165) is 50.4 Å². The summed E-state index contributed by atoms with van der Waals surface area (Å²) < 4.78 is 11.8. The Balaban J connectivity index is 1.62. The first kappa shape index (κ1) is 16.1. The van der Waals surface area contributed by atoms with Gasteiger partial charge in [0.1, 0.15) is 6.61 Å². The first-order valence-electron chi connectivity index (χ1n) is 8.66. The molecule has 0 radical (unpaired) electrons. The lowest BCUT2D eigenvalue weighted by molar-refractivity contribution is -0.137. The Labute approximate surface area is 137 Å². The predicted octanol–water partition coefficient (Wildman–Crippen LogP) is 2.06. The molecule has 0 spiro atoms. The zero-order valence-electron chi connectivity index (χ0n) is 13.8.